The van der Waals surface area contributed by atoms with Gasteiger partial charge in [-0.3, -0.25) is 4.79 Å². The van der Waals surface area contributed by atoms with E-state index in [0.717, 1.165) is 60.7 Å². The van der Waals surface area contributed by atoms with Crippen LogP contribution in [0.25, 0.3) is 11.0 Å². The van der Waals surface area contributed by atoms with Crippen molar-refractivity contribution in [3.05, 3.63) is 54.0 Å². The molecule has 2 aromatic heterocycles. The number of aromatic nitrogens is 3. The highest BCUT2D eigenvalue weighted by molar-refractivity contribution is 5.99. The third-order valence-corrected chi connectivity index (χ3v) is 5.93. The smallest absolute Gasteiger partial charge is 0.257 e. The Hall–Kier alpha value is -2.89. The summed E-state index contributed by atoms with van der Waals surface area (Å²) in [6.45, 7) is 3.47. The number of nitrogens with one attached hydrogen (secondary N) is 1. The van der Waals surface area contributed by atoms with E-state index in [9.17, 15) is 4.79 Å². The van der Waals surface area contributed by atoms with Crippen LogP contribution in [0.5, 0.6) is 0 Å². The van der Waals surface area contributed by atoms with E-state index in [-0.39, 0.29) is 11.8 Å². The number of hydrogen-bond donors (Lipinski definition) is 1. The standard InChI is InChI=1S/C22H25N5O/c28-22(17-8-5-11-23-21(17)26-12-3-4-13-26)27-14-6-7-16(15-27)20-24-18-9-1-2-10-19(18)25-20/h1-2,5,8-11,16H,3-4,6-7,12-15H2,(H,24,25)/t16-/m1/s1. The second-order valence-corrected chi connectivity index (χ2v) is 7.80. The number of anilines is 1. The number of benzene rings is 1. The van der Waals surface area contributed by atoms with Crippen molar-refractivity contribution >= 4 is 22.8 Å². The number of likely N-dealkylation sites (tertiary alicyclic amines) is 1. The van der Waals surface area contributed by atoms with E-state index in [0.29, 0.717) is 6.54 Å². The van der Waals surface area contributed by atoms with Gasteiger partial charge in [0, 0.05) is 38.3 Å². The number of rotatable bonds is 3. The van der Waals surface area contributed by atoms with Gasteiger partial charge >= 0.3 is 0 Å². The van der Waals surface area contributed by atoms with E-state index < -0.39 is 0 Å². The topological polar surface area (TPSA) is 65.1 Å². The van der Waals surface area contributed by atoms with E-state index in [4.69, 9.17) is 4.98 Å². The molecule has 0 spiro atoms. The van der Waals surface area contributed by atoms with Crippen molar-refractivity contribution in [2.75, 3.05) is 31.1 Å². The number of fused-ring (bicyclic) bond motifs is 1. The number of hydrogen-bond acceptors (Lipinski definition) is 4. The Balaban J connectivity index is 1.38. The number of amides is 1. The molecule has 0 saturated carbocycles. The Bertz CT molecular complexity index is 958. The van der Waals surface area contributed by atoms with Gasteiger partial charge in [-0.2, -0.15) is 0 Å². The maximum absolute atomic E-state index is 13.4. The first-order valence-corrected chi connectivity index (χ1v) is 10.2. The van der Waals surface area contributed by atoms with Crippen LogP contribution in [0.15, 0.2) is 42.6 Å². The van der Waals surface area contributed by atoms with Gasteiger partial charge in [0.2, 0.25) is 0 Å². The van der Waals surface area contributed by atoms with Crippen molar-refractivity contribution < 1.29 is 4.79 Å². The molecule has 1 aromatic carbocycles. The van der Waals surface area contributed by atoms with Crippen LogP contribution >= 0.6 is 0 Å². The summed E-state index contributed by atoms with van der Waals surface area (Å²) in [5, 5.41) is 0. The van der Waals surface area contributed by atoms with Crippen molar-refractivity contribution in [3.8, 4) is 0 Å². The molecule has 1 N–H and O–H groups in total. The zero-order valence-electron chi connectivity index (χ0n) is 16.0. The van der Waals surface area contributed by atoms with Crippen LogP contribution in [0.2, 0.25) is 0 Å². The number of pyridine rings is 1. The van der Waals surface area contributed by atoms with Crippen molar-refractivity contribution in [2.45, 2.75) is 31.6 Å². The maximum Gasteiger partial charge on any atom is 0.257 e. The minimum atomic E-state index is 0.0933. The molecule has 3 aromatic rings. The van der Waals surface area contributed by atoms with E-state index in [1.165, 1.54) is 12.8 Å². The van der Waals surface area contributed by atoms with Gasteiger partial charge < -0.3 is 14.8 Å². The zero-order valence-corrected chi connectivity index (χ0v) is 16.0. The van der Waals surface area contributed by atoms with Crippen LogP contribution in [0, 0.1) is 0 Å². The quantitative estimate of drug-likeness (QED) is 0.760. The van der Waals surface area contributed by atoms with Gasteiger partial charge in [0.05, 0.1) is 16.6 Å². The molecule has 0 radical (unpaired) electrons. The summed E-state index contributed by atoms with van der Waals surface area (Å²) < 4.78 is 0. The highest BCUT2D eigenvalue weighted by atomic mass is 16.2. The lowest BCUT2D eigenvalue weighted by Gasteiger charge is -2.32. The number of H-pyrrole nitrogens is 1. The lowest BCUT2D eigenvalue weighted by Crippen LogP contribution is -2.40. The van der Waals surface area contributed by atoms with Gasteiger partial charge in [-0.05, 0) is 49.9 Å². The average Bonchev–Trinajstić information content (AvgIpc) is 3.43. The Morgan fingerprint density at radius 2 is 1.89 bits per heavy atom. The molecule has 4 heterocycles. The first-order chi connectivity index (χ1) is 13.8. The van der Waals surface area contributed by atoms with E-state index in [2.05, 4.69) is 20.9 Å². The number of piperidine rings is 1. The van der Waals surface area contributed by atoms with Crippen LogP contribution in [-0.2, 0) is 0 Å². The van der Waals surface area contributed by atoms with E-state index in [1.54, 1.807) is 6.20 Å². The predicted molar refractivity (Wildman–Crippen MR) is 110 cm³/mol. The fourth-order valence-corrected chi connectivity index (χ4v) is 4.47. The number of aromatic amines is 1. The van der Waals surface area contributed by atoms with Crippen molar-refractivity contribution in [2.24, 2.45) is 0 Å². The highest BCUT2D eigenvalue weighted by Gasteiger charge is 2.30. The molecule has 2 aliphatic heterocycles. The summed E-state index contributed by atoms with van der Waals surface area (Å²) in [5.41, 5.74) is 2.78. The van der Waals surface area contributed by atoms with Gasteiger partial charge in [0.1, 0.15) is 11.6 Å². The first-order valence-electron chi connectivity index (χ1n) is 10.2. The molecule has 1 amide bonds. The molecular weight excluding hydrogens is 350 g/mol. The third-order valence-electron chi connectivity index (χ3n) is 5.93. The Morgan fingerprint density at radius 1 is 1.04 bits per heavy atom. The molecule has 5 rings (SSSR count). The maximum atomic E-state index is 13.4. The molecule has 1 atom stereocenters. The van der Waals surface area contributed by atoms with Crippen LogP contribution in [0.1, 0.15) is 47.8 Å². The van der Waals surface area contributed by atoms with Crippen LogP contribution in [0.3, 0.4) is 0 Å². The normalized spacial score (nSPS) is 20.1. The molecule has 0 aliphatic carbocycles. The fraction of sp³-hybridized carbons (Fsp3) is 0.409. The van der Waals surface area contributed by atoms with Gasteiger partial charge in [0.15, 0.2) is 0 Å². The van der Waals surface area contributed by atoms with Crippen molar-refractivity contribution in [1.29, 1.82) is 0 Å². The minimum absolute atomic E-state index is 0.0933. The molecule has 6 nitrogen and oxygen atoms in total. The summed E-state index contributed by atoms with van der Waals surface area (Å²) in [6.07, 6.45) is 6.17. The van der Waals surface area contributed by atoms with E-state index >= 15 is 0 Å². The fourth-order valence-electron chi connectivity index (χ4n) is 4.47. The van der Waals surface area contributed by atoms with Crippen molar-refractivity contribution in [1.82, 2.24) is 19.9 Å². The molecule has 0 bridgehead atoms. The summed E-state index contributed by atoms with van der Waals surface area (Å²) in [7, 11) is 0. The number of carbonyl (C=O) groups is 1. The molecule has 0 unspecified atom stereocenters. The molecule has 2 aliphatic rings. The largest absolute Gasteiger partial charge is 0.356 e. The summed E-state index contributed by atoms with van der Waals surface area (Å²) in [5.74, 6) is 2.17. The second-order valence-electron chi connectivity index (χ2n) is 7.80. The third kappa shape index (κ3) is 3.13. The number of imidazole rings is 1. The zero-order chi connectivity index (χ0) is 18.9. The summed E-state index contributed by atoms with van der Waals surface area (Å²) >= 11 is 0. The minimum Gasteiger partial charge on any atom is -0.356 e. The molecule has 2 saturated heterocycles. The number of nitrogens with zero attached hydrogens (tertiary/aromatic N) is 4. The highest BCUT2D eigenvalue weighted by Crippen LogP contribution is 2.29. The van der Waals surface area contributed by atoms with Gasteiger partial charge in [-0.25, -0.2) is 9.97 Å². The Labute approximate surface area is 164 Å². The predicted octanol–water partition coefficient (Wildman–Crippen LogP) is 3.58. The SMILES string of the molecule is O=C(c1cccnc1N1CCCC1)N1CCC[C@@H](c2nc3ccccc3[nH]2)C1. The van der Waals surface area contributed by atoms with Gasteiger partial charge in [0.25, 0.3) is 5.91 Å². The molecule has 6 heteroatoms. The first kappa shape index (κ1) is 17.2. The monoisotopic (exact) mass is 375 g/mol. The molecular formula is C22H25N5O. The lowest BCUT2D eigenvalue weighted by molar-refractivity contribution is 0.0705. The Kier molecular flexibility index (Phi) is 4.47. The number of para-hydroxylation sites is 2. The Morgan fingerprint density at radius 3 is 2.75 bits per heavy atom. The summed E-state index contributed by atoms with van der Waals surface area (Å²) in [6, 6.07) is 11.9. The molecule has 144 valence electrons. The number of carbonyl (C=O) groups excluding carboxylic acids is 1. The van der Waals surface area contributed by atoms with E-state index in [1.807, 2.05) is 35.2 Å². The summed E-state index contributed by atoms with van der Waals surface area (Å²) in [4.78, 5) is 30.3. The van der Waals surface area contributed by atoms with Crippen LogP contribution in [-0.4, -0.2) is 51.9 Å². The van der Waals surface area contributed by atoms with Gasteiger partial charge in [-0.15, -0.1) is 0 Å². The van der Waals surface area contributed by atoms with Gasteiger partial charge in [-0.1, -0.05) is 12.1 Å². The molecule has 2 fully saturated rings. The van der Waals surface area contributed by atoms with Crippen molar-refractivity contribution in [3.63, 3.8) is 0 Å². The second kappa shape index (κ2) is 7.26. The van der Waals surface area contributed by atoms with Crippen LogP contribution < -0.4 is 4.90 Å². The lowest BCUT2D eigenvalue weighted by atomic mass is 9.96. The average molecular weight is 375 g/mol. The van der Waals surface area contributed by atoms with Crippen LogP contribution in [0.4, 0.5) is 5.82 Å². The molecule has 28 heavy (non-hydrogen) atoms.